The van der Waals surface area contributed by atoms with Crippen molar-refractivity contribution in [3.05, 3.63) is 0 Å². The SMILES string of the molecule is CN(C(=O)CCCO)C1C2CC3CC(C2)CC1C3. The minimum Gasteiger partial charge on any atom is -0.396 e. The second-order valence-electron chi connectivity index (χ2n) is 6.75. The van der Waals surface area contributed by atoms with Crippen LogP contribution in [0.5, 0.6) is 0 Å². The Labute approximate surface area is 110 Å². The summed E-state index contributed by atoms with van der Waals surface area (Å²) in [5.41, 5.74) is 0. The average molecular weight is 251 g/mol. The van der Waals surface area contributed by atoms with Crippen molar-refractivity contribution < 1.29 is 9.90 Å². The Morgan fingerprint density at radius 3 is 2.17 bits per heavy atom. The second kappa shape index (κ2) is 4.84. The van der Waals surface area contributed by atoms with Crippen LogP contribution in [0.25, 0.3) is 0 Å². The van der Waals surface area contributed by atoms with E-state index in [9.17, 15) is 4.79 Å². The third kappa shape index (κ3) is 2.07. The third-order valence-electron chi connectivity index (χ3n) is 5.57. The van der Waals surface area contributed by atoms with Gasteiger partial charge < -0.3 is 10.0 Å². The summed E-state index contributed by atoms with van der Waals surface area (Å²) < 4.78 is 0. The summed E-state index contributed by atoms with van der Waals surface area (Å²) in [4.78, 5) is 14.2. The molecule has 4 bridgehead atoms. The molecule has 18 heavy (non-hydrogen) atoms. The van der Waals surface area contributed by atoms with Crippen LogP contribution in [-0.2, 0) is 4.79 Å². The molecule has 0 unspecified atom stereocenters. The van der Waals surface area contributed by atoms with E-state index < -0.39 is 0 Å². The van der Waals surface area contributed by atoms with Gasteiger partial charge in [0.15, 0.2) is 0 Å². The molecule has 0 spiro atoms. The Morgan fingerprint density at radius 2 is 1.67 bits per heavy atom. The van der Waals surface area contributed by atoms with E-state index >= 15 is 0 Å². The number of carbonyl (C=O) groups excluding carboxylic acids is 1. The van der Waals surface area contributed by atoms with Crippen LogP contribution in [0.4, 0.5) is 0 Å². The van der Waals surface area contributed by atoms with E-state index in [1.807, 2.05) is 11.9 Å². The maximum absolute atomic E-state index is 12.1. The highest BCUT2D eigenvalue weighted by Crippen LogP contribution is 2.54. The third-order valence-corrected chi connectivity index (χ3v) is 5.57. The van der Waals surface area contributed by atoms with Crippen molar-refractivity contribution in [1.82, 2.24) is 4.90 Å². The van der Waals surface area contributed by atoms with Crippen molar-refractivity contribution in [2.75, 3.05) is 13.7 Å². The predicted molar refractivity (Wildman–Crippen MR) is 69.9 cm³/mol. The van der Waals surface area contributed by atoms with Crippen molar-refractivity contribution in [2.24, 2.45) is 23.7 Å². The average Bonchev–Trinajstić information content (AvgIpc) is 2.34. The number of rotatable bonds is 4. The van der Waals surface area contributed by atoms with E-state index in [1.165, 1.54) is 32.1 Å². The first-order valence-corrected chi connectivity index (χ1v) is 7.55. The number of carbonyl (C=O) groups is 1. The molecule has 1 amide bonds. The lowest BCUT2D eigenvalue weighted by molar-refractivity contribution is -0.141. The zero-order valence-corrected chi connectivity index (χ0v) is 11.3. The minimum absolute atomic E-state index is 0.126. The van der Waals surface area contributed by atoms with E-state index in [1.54, 1.807) is 0 Å². The molecule has 0 aliphatic heterocycles. The molecule has 3 nitrogen and oxygen atoms in total. The second-order valence-corrected chi connectivity index (χ2v) is 6.75. The van der Waals surface area contributed by atoms with E-state index in [0.29, 0.717) is 18.9 Å². The zero-order chi connectivity index (χ0) is 12.7. The van der Waals surface area contributed by atoms with Crippen molar-refractivity contribution in [3.63, 3.8) is 0 Å². The van der Waals surface area contributed by atoms with Gasteiger partial charge in [0, 0.05) is 26.1 Å². The molecule has 4 aliphatic rings. The van der Waals surface area contributed by atoms with Crippen molar-refractivity contribution in [2.45, 2.75) is 51.0 Å². The standard InChI is InChI=1S/C15H25NO2/c1-16(14(18)3-2-4-17)15-12-6-10-5-11(8-12)9-13(15)7-10/h10-13,15,17H,2-9H2,1H3. The number of nitrogens with zero attached hydrogens (tertiary/aromatic N) is 1. The molecular weight excluding hydrogens is 226 g/mol. The van der Waals surface area contributed by atoms with Gasteiger partial charge in [-0.1, -0.05) is 0 Å². The van der Waals surface area contributed by atoms with Gasteiger partial charge >= 0.3 is 0 Å². The number of amides is 1. The zero-order valence-electron chi connectivity index (χ0n) is 11.3. The number of hydrogen-bond acceptors (Lipinski definition) is 2. The Balaban J connectivity index is 1.67. The van der Waals surface area contributed by atoms with Crippen LogP contribution >= 0.6 is 0 Å². The van der Waals surface area contributed by atoms with E-state index in [2.05, 4.69) is 0 Å². The molecule has 0 atom stereocenters. The van der Waals surface area contributed by atoms with Crippen LogP contribution in [0.2, 0.25) is 0 Å². The summed E-state index contributed by atoms with van der Waals surface area (Å²) in [5.74, 6) is 3.70. The quantitative estimate of drug-likeness (QED) is 0.830. The molecule has 3 heteroatoms. The Hall–Kier alpha value is -0.570. The maximum Gasteiger partial charge on any atom is 0.222 e. The molecule has 0 radical (unpaired) electrons. The smallest absolute Gasteiger partial charge is 0.222 e. The Morgan fingerprint density at radius 1 is 1.11 bits per heavy atom. The molecule has 4 aliphatic carbocycles. The summed E-state index contributed by atoms with van der Waals surface area (Å²) in [6.07, 6.45) is 8.00. The van der Waals surface area contributed by atoms with E-state index in [-0.39, 0.29) is 12.5 Å². The number of aliphatic hydroxyl groups excluding tert-OH is 1. The van der Waals surface area contributed by atoms with Crippen LogP contribution < -0.4 is 0 Å². The van der Waals surface area contributed by atoms with Gasteiger partial charge in [-0.3, -0.25) is 4.79 Å². The summed E-state index contributed by atoms with van der Waals surface area (Å²) in [5, 5.41) is 8.84. The van der Waals surface area contributed by atoms with Gasteiger partial charge in [-0.15, -0.1) is 0 Å². The summed E-state index contributed by atoms with van der Waals surface area (Å²) in [7, 11) is 1.99. The molecule has 0 saturated heterocycles. The fourth-order valence-corrected chi connectivity index (χ4v) is 5.10. The normalized spacial score (nSPS) is 41.1. The molecule has 4 rings (SSSR count). The molecule has 4 saturated carbocycles. The first-order chi connectivity index (χ1) is 8.69. The molecule has 0 aromatic carbocycles. The summed E-state index contributed by atoms with van der Waals surface area (Å²) in [6.45, 7) is 0.126. The lowest BCUT2D eigenvalue weighted by Crippen LogP contribution is -2.56. The molecule has 0 aromatic rings. The van der Waals surface area contributed by atoms with Gasteiger partial charge in [-0.05, 0) is 62.2 Å². The van der Waals surface area contributed by atoms with Crippen LogP contribution in [0.15, 0.2) is 0 Å². The first-order valence-electron chi connectivity index (χ1n) is 7.55. The Kier molecular flexibility index (Phi) is 3.35. The topological polar surface area (TPSA) is 40.5 Å². The van der Waals surface area contributed by atoms with Gasteiger partial charge in [-0.2, -0.15) is 0 Å². The van der Waals surface area contributed by atoms with Gasteiger partial charge in [0.05, 0.1) is 0 Å². The molecule has 102 valence electrons. The predicted octanol–water partition coefficient (Wildman–Crippen LogP) is 2.04. The highest BCUT2D eigenvalue weighted by Gasteiger charge is 2.50. The lowest BCUT2D eigenvalue weighted by Gasteiger charge is -2.56. The fraction of sp³-hybridized carbons (Fsp3) is 0.933. The highest BCUT2D eigenvalue weighted by molar-refractivity contribution is 5.76. The largest absolute Gasteiger partial charge is 0.396 e. The highest BCUT2D eigenvalue weighted by atomic mass is 16.3. The summed E-state index contributed by atoms with van der Waals surface area (Å²) >= 11 is 0. The molecule has 0 heterocycles. The van der Waals surface area contributed by atoms with Crippen molar-refractivity contribution >= 4 is 5.91 Å². The van der Waals surface area contributed by atoms with Gasteiger partial charge in [-0.25, -0.2) is 0 Å². The van der Waals surface area contributed by atoms with E-state index in [0.717, 1.165) is 23.7 Å². The number of aliphatic hydroxyl groups is 1. The van der Waals surface area contributed by atoms with Crippen LogP contribution in [0.1, 0.15) is 44.9 Å². The summed E-state index contributed by atoms with van der Waals surface area (Å²) in [6, 6.07) is 0.504. The van der Waals surface area contributed by atoms with Crippen molar-refractivity contribution in [1.29, 1.82) is 0 Å². The number of hydrogen-bond donors (Lipinski definition) is 1. The first kappa shape index (κ1) is 12.5. The molecular formula is C15H25NO2. The van der Waals surface area contributed by atoms with Gasteiger partial charge in [0.2, 0.25) is 5.91 Å². The minimum atomic E-state index is 0.126. The fourth-order valence-electron chi connectivity index (χ4n) is 5.10. The van der Waals surface area contributed by atoms with Gasteiger partial charge in [0.25, 0.3) is 0 Å². The van der Waals surface area contributed by atoms with Crippen LogP contribution in [0, 0.1) is 23.7 Å². The maximum atomic E-state index is 12.1. The molecule has 1 N–H and O–H groups in total. The van der Waals surface area contributed by atoms with Crippen LogP contribution in [0.3, 0.4) is 0 Å². The molecule has 4 fully saturated rings. The Bertz CT molecular complexity index is 300. The van der Waals surface area contributed by atoms with Crippen LogP contribution in [-0.4, -0.2) is 35.6 Å². The molecule has 0 aromatic heterocycles. The van der Waals surface area contributed by atoms with Crippen molar-refractivity contribution in [3.8, 4) is 0 Å². The van der Waals surface area contributed by atoms with E-state index in [4.69, 9.17) is 5.11 Å². The monoisotopic (exact) mass is 251 g/mol. The van der Waals surface area contributed by atoms with Gasteiger partial charge in [0.1, 0.15) is 0 Å². The lowest BCUT2D eigenvalue weighted by atomic mass is 9.54.